The smallest absolute Gasteiger partial charge is 0.220 e. The maximum absolute atomic E-state index is 12.9. The molecule has 0 aliphatic carbocycles. The highest BCUT2D eigenvalue weighted by molar-refractivity contribution is 5.76. The maximum Gasteiger partial charge on any atom is 0.220 e. The Morgan fingerprint density at radius 3 is 1.70 bits per heavy atom. The lowest BCUT2D eigenvalue weighted by atomic mass is 9.97. The van der Waals surface area contributed by atoms with E-state index in [1.165, 1.54) is 77.0 Å². The van der Waals surface area contributed by atoms with E-state index in [1.807, 2.05) is 6.08 Å². The van der Waals surface area contributed by atoms with Crippen LogP contribution in [0.25, 0.3) is 0 Å². The Balaban J connectivity index is 1.94. The van der Waals surface area contributed by atoms with Crippen molar-refractivity contribution in [1.29, 1.82) is 0 Å². The summed E-state index contributed by atoms with van der Waals surface area (Å²) in [4.78, 5) is 12.9. The van der Waals surface area contributed by atoms with Crippen LogP contribution in [0.4, 0.5) is 0 Å². The number of rotatable bonds is 30. The van der Waals surface area contributed by atoms with Crippen LogP contribution in [0.15, 0.2) is 12.2 Å². The zero-order valence-electron chi connectivity index (χ0n) is 33.0. The molecule has 0 aromatic carbocycles. The number of amides is 1. The molecule has 2 aliphatic heterocycles. The van der Waals surface area contributed by atoms with Crippen molar-refractivity contribution < 1.29 is 64.6 Å². The van der Waals surface area contributed by atoms with Gasteiger partial charge in [0.05, 0.1) is 32.0 Å². The normalized spacial score (nSPS) is 30.1. The lowest BCUT2D eigenvalue weighted by Gasteiger charge is -2.46. The van der Waals surface area contributed by atoms with E-state index in [9.17, 15) is 45.6 Å². The minimum Gasteiger partial charge on any atom is -0.394 e. The fourth-order valence-electron chi connectivity index (χ4n) is 6.94. The fraction of sp³-hybridized carbons (Fsp3) is 0.925. The number of allylic oxidation sites excluding steroid dienone is 1. The van der Waals surface area contributed by atoms with Crippen LogP contribution in [0.1, 0.15) is 142 Å². The van der Waals surface area contributed by atoms with Crippen LogP contribution in [0, 0.1) is 0 Å². The lowest BCUT2D eigenvalue weighted by molar-refractivity contribution is -0.359. The second-order valence-corrected chi connectivity index (χ2v) is 15.1. The van der Waals surface area contributed by atoms with Crippen molar-refractivity contribution in [2.75, 3.05) is 19.8 Å². The highest BCUT2D eigenvalue weighted by Crippen LogP contribution is 2.30. The van der Waals surface area contributed by atoms with Crippen LogP contribution >= 0.6 is 0 Å². The summed E-state index contributed by atoms with van der Waals surface area (Å²) in [5, 5.41) is 86.0. The highest BCUT2D eigenvalue weighted by Gasteiger charge is 2.50. The van der Waals surface area contributed by atoms with Crippen molar-refractivity contribution in [1.82, 2.24) is 5.32 Å². The predicted octanol–water partition coefficient (Wildman–Crippen LogP) is 2.87. The first-order valence-electron chi connectivity index (χ1n) is 20.9. The average molecular weight is 778 g/mol. The molecule has 1 amide bonds. The first-order valence-corrected chi connectivity index (χ1v) is 20.9. The van der Waals surface area contributed by atoms with Gasteiger partial charge in [0.2, 0.25) is 5.91 Å². The van der Waals surface area contributed by atoms with Gasteiger partial charge in [0, 0.05) is 6.42 Å². The van der Waals surface area contributed by atoms with Gasteiger partial charge in [-0.25, -0.2) is 0 Å². The average Bonchev–Trinajstić information content (AvgIpc) is 3.17. The molecule has 0 aromatic heterocycles. The van der Waals surface area contributed by atoms with Crippen LogP contribution < -0.4 is 5.32 Å². The second kappa shape index (κ2) is 29.0. The summed E-state index contributed by atoms with van der Waals surface area (Å²) in [6.07, 6.45) is 8.63. The lowest BCUT2D eigenvalue weighted by Crippen LogP contribution is -2.65. The monoisotopic (exact) mass is 778 g/mol. The van der Waals surface area contributed by atoms with Gasteiger partial charge in [-0.2, -0.15) is 0 Å². The minimum absolute atomic E-state index is 0.249. The van der Waals surface area contributed by atoms with E-state index in [0.717, 1.165) is 38.5 Å². The van der Waals surface area contributed by atoms with Crippen molar-refractivity contribution in [3.8, 4) is 0 Å². The molecule has 2 fully saturated rings. The van der Waals surface area contributed by atoms with Crippen molar-refractivity contribution in [2.24, 2.45) is 0 Å². The number of hydrogen-bond donors (Lipinski definition) is 9. The van der Waals surface area contributed by atoms with Crippen LogP contribution in [0.5, 0.6) is 0 Å². The highest BCUT2D eigenvalue weighted by atomic mass is 16.7. The van der Waals surface area contributed by atoms with E-state index < -0.39 is 86.8 Å². The molecule has 2 heterocycles. The molecule has 2 aliphatic rings. The molecule has 14 heteroatoms. The summed E-state index contributed by atoms with van der Waals surface area (Å²) in [7, 11) is 0. The van der Waals surface area contributed by atoms with E-state index in [4.69, 9.17) is 18.9 Å². The third-order valence-electron chi connectivity index (χ3n) is 10.5. The number of aliphatic hydroxyl groups is 8. The molecule has 2 rings (SSSR count). The van der Waals surface area contributed by atoms with Gasteiger partial charge in [-0.15, -0.1) is 0 Å². The molecule has 12 atom stereocenters. The Hall–Kier alpha value is -1.27. The first kappa shape index (κ1) is 48.9. The van der Waals surface area contributed by atoms with E-state index >= 15 is 0 Å². The molecule has 0 radical (unpaired) electrons. The largest absolute Gasteiger partial charge is 0.394 e. The Labute approximate surface area is 323 Å². The van der Waals surface area contributed by atoms with E-state index in [-0.39, 0.29) is 18.9 Å². The van der Waals surface area contributed by atoms with Crippen molar-refractivity contribution >= 4 is 5.91 Å². The number of unbranched alkanes of at least 4 members (excludes halogenated alkanes) is 17. The van der Waals surface area contributed by atoms with E-state index in [2.05, 4.69) is 19.2 Å². The summed E-state index contributed by atoms with van der Waals surface area (Å²) in [6, 6.07) is -0.903. The standard InChI is InChI=1S/C40H75NO13/c1-3-5-7-9-11-12-13-14-15-16-18-19-21-23-29(44)28(41-32(45)24-22-20-17-10-8-6-4-2)27-51-39-37(50)35(48)38(31(26-43)53-39)54-40-36(49)34(47)33(46)30(25-42)52-40/h21,23,28-31,33-40,42-44,46-50H,3-20,22,24-27H2,1-2H3,(H,41,45)/b23-21+/t28-,29+,30+,31+,33-,34?,35?,36?,37?,38+,39+,40-/m0/s1. The molecule has 4 unspecified atom stereocenters. The molecule has 0 spiro atoms. The zero-order valence-corrected chi connectivity index (χ0v) is 33.0. The Morgan fingerprint density at radius 2 is 1.15 bits per heavy atom. The van der Waals surface area contributed by atoms with Gasteiger partial charge >= 0.3 is 0 Å². The summed E-state index contributed by atoms with van der Waals surface area (Å²) in [5.74, 6) is -0.249. The molecule has 318 valence electrons. The topological polar surface area (TPSA) is 228 Å². The maximum atomic E-state index is 12.9. The Morgan fingerprint density at radius 1 is 0.648 bits per heavy atom. The number of nitrogens with one attached hydrogen (secondary N) is 1. The minimum atomic E-state index is -1.78. The second-order valence-electron chi connectivity index (χ2n) is 15.1. The molecule has 54 heavy (non-hydrogen) atoms. The summed E-state index contributed by atoms with van der Waals surface area (Å²) in [6.45, 7) is 2.69. The van der Waals surface area contributed by atoms with Crippen LogP contribution in [-0.4, -0.2) is 140 Å². The number of aliphatic hydroxyl groups excluding tert-OH is 8. The molecular formula is C40H75NO13. The van der Waals surface area contributed by atoms with Gasteiger partial charge < -0.3 is 65.1 Å². The number of carbonyl (C=O) groups excluding carboxylic acids is 1. The number of hydrogen-bond acceptors (Lipinski definition) is 13. The molecular weight excluding hydrogens is 702 g/mol. The van der Waals surface area contributed by atoms with Gasteiger partial charge in [-0.1, -0.05) is 129 Å². The van der Waals surface area contributed by atoms with E-state index in [1.54, 1.807) is 6.08 Å². The first-order chi connectivity index (χ1) is 26.1. The number of carbonyl (C=O) groups is 1. The molecule has 0 bridgehead atoms. The molecule has 0 aromatic rings. The van der Waals surface area contributed by atoms with Crippen molar-refractivity contribution in [3.05, 3.63) is 12.2 Å². The molecule has 0 saturated carbocycles. The Bertz CT molecular complexity index is 972. The van der Waals surface area contributed by atoms with Gasteiger partial charge in [0.1, 0.15) is 48.8 Å². The van der Waals surface area contributed by atoms with Crippen LogP contribution in [-0.2, 0) is 23.7 Å². The van der Waals surface area contributed by atoms with Crippen LogP contribution in [0.3, 0.4) is 0 Å². The van der Waals surface area contributed by atoms with Crippen LogP contribution in [0.2, 0.25) is 0 Å². The summed E-state index contributed by atoms with van der Waals surface area (Å²) in [5.41, 5.74) is 0. The quantitative estimate of drug-likeness (QED) is 0.0378. The number of ether oxygens (including phenoxy) is 4. The summed E-state index contributed by atoms with van der Waals surface area (Å²) >= 11 is 0. The van der Waals surface area contributed by atoms with Crippen molar-refractivity contribution in [2.45, 2.75) is 216 Å². The SMILES string of the molecule is CCCCCCCCCCCCC/C=C/[C@@H](O)[C@H](CO[C@@H]1O[C@H](CO)[C@@H](O[C@@H]2O[C@H](CO)[C@H](O)C(O)C2O)C(O)C1O)NC(=O)CCCCCCCCC. The molecule has 14 nitrogen and oxygen atoms in total. The summed E-state index contributed by atoms with van der Waals surface area (Å²) < 4.78 is 22.5. The molecule has 2 saturated heterocycles. The third-order valence-corrected chi connectivity index (χ3v) is 10.5. The van der Waals surface area contributed by atoms with Gasteiger partial charge in [0.25, 0.3) is 0 Å². The zero-order chi connectivity index (χ0) is 39.7. The molecule has 9 N–H and O–H groups in total. The van der Waals surface area contributed by atoms with Gasteiger partial charge in [-0.05, 0) is 19.3 Å². The Kier molecular flexibility index (Phi) is 26.3. The van der Waals surface area contributed by atoms with Gasteiger partial charge in [0.15, 0.2) is 12.6 Å². The van der Waals surface area contributed by atoms with Crippen molar-refractivity contribution in [3.63, 3.8) is 0 Å². The van der Waals surface area contributed by atoms with Gasteiger partial charge in [-0.3, -0.25) is 4.79 Å². The predicted molar refractivity (Wildman–Crippen MR) is 203 cm³/mol. The fourth-order valence-corrected chi connectivity index (χ4v) is 6.94. The third kappa shape index (κ3) is 17.9. The van der Waals surface area contributed by atoms with E-state index in [0.29, 0.717) is 6.42 Å².